The molecule has 1 aromatic heterocycles. The van der Waals surface area contributed by atoms with E-state index in [0.717, 1.165) is 16.8 Å². The van der Waals surface area contributed by atoms with Crippen LogP contribution in [0.3, 0.4) is 0 Å². The van der Waals surface area contributed by atoms with E-state index in [-0.39, 0.29) is 11.5 Å². The molecule has 9 heteroatoms. The molecule has 4 rings (SSSR count). The van der Waals surface area contributed by atoms with Gasteiger partial charge in [0.1, 0.15) is 17.4 Å². The van der Waals surface area contributed by atoms with Gasteiger partial charge in [-0.25, -0.2) is 4.79 Å². The van der Waals surface area contributed by atoms with Crippen molar-refractivity contribution in [1.82, 2.24) is 15.1 Å². The van der Waals surface area contributed by atoms with Gasteiger partial charge in [0.05, 0.1) is 19.1 Å². The Morgan fingerprint density at radius 2 is 2.21 bits per heavy atom. The lowest BCUT2D eigenvalue weighted by Crippen LogP contribution is -2.42. The number of rotatable bonds is 2. The molecule has 3 N–H and O–H groups in total. The second kappa shape index (κ2) is 7.25. The van der Waals surface area contributed by atoms with Crippen LogP contribution in [0, 0.1) is 18.3 Å². The number of ether oxygens (including phenoxy) is 3. The van der Waals surface area contributed by atoms with E-state index in [9.17, 15) is 10.1 Å². The molecule has 2 aliphatic rings. The normalized spacial score (nSPS) is 18.9. The summed E-state index contributed by atoms with van der Waals surface area (Å²) in [7, 11) is 0. The number of hydrogen-bond acceptors (Lipinski definition) is 7. The molecule has 1 aromatic carbocycles. The minimum Gasteiger partial charge on any atom is -0.420 e. The highest BCUT2D eigenvalue weighted by atomic mass is 16.6. The second-order valence-corrected chi connectivity index (χ2v) is 6.53. The zero-order valence-corrected chi connectivity index (χ0v) is 15.3. The van der Waals surface area contributed by atoms with Crippen LogP contribution >= 0.6 is 0 Å². The fraction of sp³-hybridized carbons (Fsp3) is 0.316. The van der Waals surface area contributed by atoms with Gasteiger partial charge in [-0.15, -0.1) is 5.10 Å². The largest absolute Gasteiger partial charge is 0.420 e. The number of morpholine rings is 1. The van der Waals surface area contributed by atoms with Crippen molar-refractivity contribution >= 4 is 6.09 Å². The minimum atomic E-state index is -0.463. The predicted molar refractivity (Wildman–Crippen MR) is 97.5 cm³/mol. The maximum Gasteiger partial charge on any atom is 0.415 e. The number of aromatic amines is 1. The number of carbonyl (C=O) groups is 1. The maximum absolute atomic E-state index is 12.4. The molecule has 1 fully saturated rings. The summed E-state index contributed by atoms with van der Waals surface area (Å²) < 4.78 is 16.2. The van der Waals surface area contributed by atoms with Crippen molar-refractivity contribution in [3.05, 3.63) is 52.5 Å². The third-order valence-electron chi connectivity index (χ3n) is 4.80. The van der Waals surface area contributed by atoms with Crippen molar-refractivity contribution in [1.29, 1.82) is 5.26 Å². The molecule has 2 aromatic rings. The quantitative estimate of drug-likeness (QED) is 0.811. The van der Waals surface area contributed by atoms with Crippen LogP contribution in [0.25, 0.3) is 0 Å². The van der Waals surface area contributed by atoms with Crippen molar-refractivity contribution in [3.63, 3.8) is 0 Å². The van der Waals surface area contributed by atoms with E-state index in [2.05, 4.69) is 16.3 Å². The standard InChI is InChI=1S/C19H19N5O4/c1-11-15-16(14(10-20)17(21)28-18(15)23-22-11)12-3-2-4-13(9-12)27-19(25)24-5-7-26-8-6-24/h2-4,9,16H,5-8,21H2,1H3,(H,22,23)/t16-/m0/s1. The number of allylic oxidation sites excluding steroid dienone is 1. The molecule has 28 heavy (non-hydrogen) atoms. The van der Waals surface area contributed by atoms with Gasteiger partial charge >= 0.3 is 6.09 Å². The lowest BCUT2D eigenvalue weighted by atomic mass is 9.84. The Balaban J connectivity index is 1.66. The first-order valence-corrected chi connectivity index (χ1v) is 8.85. The van der Waals surface area contributed by atoms with E-state index >= 15 is 0 Å². The average Bonchev–Trinajstić information content (AvgIpc) is 3.08. The molecule has 0 bridgehead atoms. The van der Waals surface area contributed by atoms with Gasteiger partial charge in [-0.1, -0.05) is 12.1 Å². The molecule has 0 aliphatic carbocycles. The molecule has 3 heterocycles. The highest BCUT2D eigenvalue weighted by Crippen LogP contribution is 2.43. The first kappa shape index (κ1) is 17.9. The summed E-state index contributed by atoms with van der Waals surface area (Å²) in [6.45, 7) is 3.83. The lowest BCUT2D eigenvalue weighted by molar-refractivity contribution is 0.0416. The van der Waals surface area contributed by atoms with Crippen molar-refractivity contribution < 1.29 is 19.0 Å². The molecule has 9 nitrogen and oxygen atoms in total. The van der Waals surface area contributed by atoms with Crippen LogP contribution in [0.15, 0.2) is 35.7 Å². The molecular weight excluding hydrogens is 362 g/mol. The first-order chi connectivity index (χ1) is 13.6. The second-order valence-electron chi connectivity index (χ2n) is 6.53. The summed E-state index contributed by atoms with van der Waals surface area (Å²) in [5.74, 6) is 0.283. The summed E-state index contributed by atoms with van der Waals surface area (Å²) in [6.07, 6.45) is -0.428. The van der Waals surface area contributed by atoms with Gasteiger partial charge in [0, 0.05) is 24.3 Å². The highest BCUT2D eigenvalue weighted by molar-refractivity contribution is 5.71. The van der Waals surface area contributed by atoms with E-state index in [1.165, 1.54) is 0 Å². The predicted octanol–water partition coefficient (Wildman–Crippen LogP) is 1.77. The van der Waals surface area contributed by atoms with Gasteiger partial charge < -0.3 is 24.8 Å². The molecular formula is C19H19N5O4. The highest BCUT2D eigenvalue weighted by Gasteiger charge is 2.34. The van der Waals surface area contributed by atoms with Crippen molar-refractivity contribution in [2.75, 3.05) is 26.3 Å². The minimum absolute atomic E-state index is 0.0159. The van der Waals surface area contributed by atoms with E-state index < -0.39 is 12.0 Å². The molecule has 1 atom stereocenters. The Morgan fingerprint density at radius 3 is 2.96 bits per heavy atom. The van der Waals surface area contributed by atoms with Crippen molar-refractivity contribution in [2.24, 2.45) is 5.73 Å². The number of aryl methyl sites for hydroxylation is 1. The number of carbonyl (C=O) groups excluding carboxylic acids is 1. The smallest absolute Gasteiger partial charge is 0.415 e. The molecule has 1 amide bonds. The summed E-state index contributed by atoms with van der Waals surface area (Å²) in [5.41, 5.74) is 8.48. The van der Waals surface area contributed by atoms with Gasteiger partial charge in [-0.2, -0.15) is 5.26 Å². The van der Waals surface area contributed by atoms with Crippen LogP contribution < -0.4 is 15.2 Å². The number of nitrogens with two attached hydrogens (primary N) is 1. The number of nitriles is 1. The summed E-state index contributed by atoms with van der Waals surface area (Å²) in [5, 5.41) is 16.6. The summed E-state index contributed by atoms with van der Waals surface area (Å²) in [4.78, 5) is 14.0. The third-order valence-corrected chi connectivity index (χ3v) is 4.80. The van der Waals surface area contributed by atoms with Gasteiger partial charge in [-0.3, -0.25) is 5.10 Å². The fourth-order valence-corrected chi connectivity index (χ4v) is 3.40. The number of fused-ring (bicyclic) bond motifs is 1. The Bertz CT molecular complexity index is 984. The van der Waals surface area contributed by atoms with Crippen LogP contribution in [0.4, 0.5) is 4.79 Å². The van der Waals surface area contributed by atoms with Crippen molar-refractivity contribution in [2.45, 2.75) is 12.8 Å². The maximum atomic E-state index is 12.4. The van der Waals surface area contributed by atoms with E-state index in [1.54, 1.807) is 23.1 Å². The topological polar surface area (TPSA) is 126 Å². The molecule has 0 saturated carbocycles. The van der Waals surface area contributed by atoms with Crippen LogP contribution in [0.5, 0.6) is 11.6 Å². The van der Waals surface area contributed by atoms with Crippen LogP contribution in [-0.4, -0.2) is 47.5 Å². The Hall–Kier alpha value is -3.51. The Labute approximate surface area is 161 Å². The number of amides is 1. The Morgan fingerprint density at radius 1 is 1.43 bits per heavy atom. The van der Waals surface area contributed by atoms with Gasteiger partial charge in [0.25, 0.3) is 0 Å². The van der Waals surface area contributed by atoms with E-state index in [0.29, 0.717) is 37.9 Å². The van der Waals surface area contributed by atoms with Crippen LogP contribution in [-0.2, 0) is 4.74 Å². The first-order valence-electron chi connectivity index (χ1n) is 8.85. The van der Waals surface area contributed by atoms with Crippen LogP contribution in [0.2, 0.25) is 0 Å². The zero-order chi connectivity index (χ0) is 19.7. The Kier molecular flexibility index (Phi) is 4.63. The monoisotopic (exact) mass is 381 g/mol. The number of nitrogens with zero attached hydrogens (tertiary/aromatic N) is 3. The number of nitrogens with one attached hydrogen (secondary N) is 1. The summed E-state index contributed by atoms with van der Waals surface area (Å²) >= 11 is 0. The average molecular weight is 381 g/mol. The van der Waals surface area contributed by atoms with Crippen LogP contribution in [0.1, 0.15) is 22.7 Å². The summed E-state index contributed by atoms with van der Waals surface area (Å²) in [6, 6.07) is 9.18. The van der Waals surface area contributed by atoms with Gasteiger partial charge in [-0.05, 0) is 24.6 Å². The number of H-pyrrole nitrogens is 1. The van der Waals surface area contributed by atoms with Gasteiger partial charge in [0.15, 0.2) is 0 Å². The molecule has 144 valence electrons. The molecule has 0 radical (unpaired) electrons. The third kappa shape index (κ3) is 3.14. The SMILES string of the molecule is Cc1[nH]nc2c1[C@@H](c1cccc(OC(=O)N3CCOCC3)c1)C(C#N)=C(N)O2. The molecule has 0 spiro atoms. The van der Waals surface area contributed by atoms with E-state index in [1.807, 2.05) is 13.0 Å². The molecule has 0 unspecified atom stereocenters. The number of hydrogen-bond donors (Lipinski definition) is 2. The number of benzene rings is 1. The van der Waals surface area contributed by atoms with E-state index in [4.69, 9.17) is 19.9 Å². The van der Waals surface area contributed by atoms with Crippen molar-refractivity contribution in [3.8, 4) is 17.7 Å². The molecule has 2 aliphatic heterocycles. The van der Waals surface area contributed by atoms with Gasteiger partial charge in [0.2, 0.25) is 11.8 Å². The zero-order valence-electron chi connectivity index (χ0n) is 15.3. The fourth-order valence-electron chi connectivity index (χ4n) is 3.40. The number of aromatic nitrogens is 2. The molecule has 1 saturated heterocycles. The lowest BCUT2D eigenvalue weighted by Gasteiger charge is -2.26.